The molecule has 164 valence electrons. The first-order valence-electron chi connectivity index (χ1n) is 12.3. The third-order valence-corrected chi connectivity index (χ3v) is 10.2. The van der Waals surface area contributed by atoms with Gasteiger partial charge in [-0.15, -0.1) is 0 Å². The monoisotopic (exact) mass is 409 g/mol. The van der Waals surface area contributed by atoms with Gasteiger partial charge in [0.2, 0.25) is 5.91 Å². The van der Waals surface area contributed by atoms with E-state index in [1.165, 1.54) is 12.0 Å². The summed E-state index contributed by atoms with van der Waals surface area (Å²) in [6, 6.07) is 0.0829. The van der Waals surface area contributed by atoms with Gasteiger partial charge in [-0.05, 0) is 60.7 Å². The summed E-state index contributed by atoms with van der Waals surface area (Å²) in [5.74, 6) is 2.89. The average Bonchev–Trinajstić information content (AvgIpc) is 3.10. The van der Waals surface area contributed by atoms with Crippen molar-refractivity contribution >= 4 is 11.7 Å². The molecule has 1 saturated heterocycles. The van der Waals surface area contributed by atoms with Gasteiger partial charge in [0.1, 0.15) is 5.41 Å². The molecule has 0 aromatic rings. The van der Waals surface area contributed by atoms with Crippen molar-refractivity contribution in [3.8, 4) is 0 Å². The molecule has 4 aliphatic carbocycles. The standard InChI is InChI=1S/C27H39NO2/c1-13(2)23-21-17(6)15(4)11-20-22-18(24(29)27(20,21)25(30)28-23)8-9-19-16(5)10-14(3)12-26(19,22)7/h8-9,11,13-14,16-23H,10,12H2,1-7H3,(H,28,30)/t14-,16+,17-,18-,19+,20-,21-,22+,23-,26-,27-/m0/s1. The number of nitrogens with one attached hydrogen (secondary N) is 1. The van der Waals surface area contributed by atoms with Crippen LogP contribution in [-0.2, 0) is 9.59 Å². The van der Waals surface area contributed by atoms with Crippen molar-refractivity contribution in [1.82, 2.24) is 5.32 Å². The van der Waals surface area contributed by atoms with Crippen LogP contribution in [0, 0.1) is 64.1 Å². The van der Waals surface area contributed by atoms with Crippen molar-refractivity contribution in [3.63, 3.8) is 0 Å². The van der Waals surface area contributed by atoms with Crippen molar-refractivity contribution < 1.29 is 9.59 Å². The Bertz CT molecular complexity index is 855. The van der Waals surface area contributed by atoms with Crippen LogP contribution in [0.3, 0.4) is 0 Å². The van der Waals surface area contributed by atoms with E-state index in [9.17, 15) is 9.59 Å². The Morgan fingerprint density at radius 1 is 1.07 bits per heavy atom. The quantitative estimate of drug-likeness (QED) is 0.488. The topological polar surface area (TPSA) is 46.2 Å². The van der Waals surface area contributed by atoms with Gasteiger partial charge < -0.3 is 5.32 Å². The molecule has 3 heteroatoms. The number of fused-ring (bicyclic) bond motifs is 4. The average molecular weight is 410 g/mol. The van der Waals surface area contributed by atoms with Gasteiger partial charge in [-0.1, -0.05) is 65.3 Å². The first-order valence-corrected chi connectivity index (χ1v) is 12.3. The maximum Gasteiger partial charge on any atom is 0.234 e. The summed E-state index contributed by atoms with van der Waals surface area (Å²) in [6.07, 6.45) is 9.38. The lowest BCUT2D eigenvalue weighted by molar-refractivity contribution is -0.143. The Balaban J connectivity index is 1.72. The second-order valence-corrected chi connectivity index (χ2v) is 12.2. The number of hydrogen-bond donors (Lipinski definition) is 1. The van der Waals surface area contributed by atoms with Crippen LogP contribution in [0.1, 0.15) is 61.3 Å². The van der Waals surface area contributed by atoms with Gasteiger partial charge in [-0.2, -0.15) is 0 Å². The Hall–Kier alpha value is -1.38. The van der Waals surface area contributed by atoms with Gasteiger partial charge in [-0.3, -0.25) is 9.59 Å². The Morgan fingerprint density at radius 3 is 2.43 bits per heavy atom. The van der Waals surface area contributed by atoms with Gasteiger partial charge in [0, 0.05) is 23.8 Å². The molecular formula is C27H39NO2. The van der Waals surface area contributed by atoms with E-state index in [4.69, 9.17) is 0 Å². The van der Waals surface area contributed by atoms with Crippen LogP contribution < -0.4 is 5.32 Å². The Kier molecular flexibility index (Phi) is 4.33. The van der Waals surface area contributed by atoms with Crippen LogP contribution in [-0.4, -0.2) is 17.7 Å². The lowest BCUT2D eigenvalue weighted by atomic mass is 9.48. The normalized spacial score (nSPS) is 54.3. The Labute approximate surface area is 182 Å². The molecule has 3 fully saturated rings. The van der Waals surface area contributed by atoms with E-state index < -0.39 is 5.41 Å². The van der Waals surface area contributed by atoms with Crippen molar-refractivity contribution in [2.45, 2.75) is 67.3 Å². The molecule has 5 aliphatic rings. The highest BCUT2D eigenvalue weighted by molar-refractivity contribution is 6.12. The third-order valence-electron chi connectivity index (χ3n) is 10.2. The largest absolute Gasteiger partial charge is 0.352 e. The van der Waals surface area contributed by atoms with Crippen molar-refractivity contribution in [1.29, 1.82) is 0 Å². The van der Waals surface area contributed by atoms with Crippen molar-refractivity contribution in [2.75, 3.05) is 0 Å². The number of allylic oxidation sites excluding steroid dienone is 4. The molecule has 2 saturated carbocycles. The third kappa shape index (κ3) is 2.22. The fourth-order valence-corrected chi connectivity index (χ4v) is 9.23. The van der Waals surface area contributed by atoms with E-state index in [2.05, 4.69) is 72.0 Å². The molecule has 0 bridgehead atoms. The summed E-state index contributed by atoms with van der Waals surface area (Å²) in [5, 5.41) is 3.33. The minimum atomic E-state index is -0.866. The summed E-state index contributed by atoms with van der Waals surface area (Å²) in [4.78, 5) is 28.0. The summed E-state index contributed by atoms with van der Waals surface area (Å²) in [7, 11) is 0. The molecule has 0 radical (unpaired) electrons. The van der Waals surface area contributed by atoms with E-state index in [0.29, 0.717) is 23.7 Å². The number of carbonyl (C=O) groups excluding carboxylic acids is 2. The van der Waals surface area contributed by atoms with E-state index in [1.807, 2.05) is 0 Å². The lowest BCUT2D eigenvalue weighted by Gasteiger charge is -2.55. The van der Waals surface area contributed by atoms with E-state index in [-0.39, 0.29) is 52.7 Å². The van der Waals surface area contributed by atoms with E-state index in [1.54, 1.807) is 0 Å². The van der Waals surface area contributed by atoms with Crippen LogP contribution in [0.15, 0.2) is 23.8 Å². The van der Waals surface area contributed by atoms with Gasteiger partial charge >= 0.3 is 0 Å². The molecule has 1 spiro atoms. The number of hydrogen-bond acceptors (Lipinski definition) is 2. The van der Waals surface area contributed by atoms with Gasteiger partial charge in [0.25, 0.3) is 0 Å². The van der Waals surface area contributed by atoms with Gasteiger partial charge in [0.15, 0.2) is 5.78 Å². The summed E-state index contributed by atoms with van der Waals surface area (Å²) in [5.41, 5.74) is 0.594. The zero-order valence-corrected chi connectivity index (χ0v) is 19.7. The molecule has 0 unspecified atom stereocenters. The molecule has 1 heterocycles. The van der Waals surface area contributed by atoms with Crippen LogP contribution in [0.2, 0.25) is 0 Å². The number of ketones is 1. The fourth-order valence-electron chi connectivity index (χ4n) is 9.23. The molecule has 3 nitrogen and oxygen atoms in total. The summed E-state index contributed by atoms with van der Waals surface area (Å²) in [6.45, 7) is 16.1. The zero-order chi connectivity index (χ0) is 21.7. The predicted octanol–water partition coefficient (Wildman–Crippen LogP) is 5.03. The van der Waals surface area contributed by atoms with E-state index in [0.717, 1.165) is 6.42 Å². The number of Topliss-reactive ketones (excluding diaryl/α,β-unsaturated/α-hetero) is 1. The Morgan fingerprint density at radius 2 is 1.77 bits per heavy atom. The highest BCUT2D eigenvalue weighted by Gasteiger charge is 2.75. The number of carbonyl (C=O) groups is 2. The lowest BCUT2D eigenvalue weighted by Crippen LogP contribution is -2.52. The summed E-state index contributed by atoms with van der Waals surface area (Å²) < 4.78 is 0. The molecule has 1 aliphatic heterocycles. The molecule has 1 N–H and O–H groups in total. The minimum Gasteiger partial charge on any atom is -0.352 e. The van der Waals surface area contributed by atoms with Crippen LogP contribution in [0.5, 0.6) is 0 Å². The maximum absolute atomic E-state index is 14.2. The molecular weight excluding hydrogens is 370 g/mol. The minimum absolute atomic E-state index is 0.0247. The molecule has 30 heavy (non-hydrogen) atoms. The van der Waals surface area contributed by atoms with Crippen LogP contribution >= 0.6 is 0 Å². The molecule has 1 amide bonds. The van der Waals surface area contributed by atoms with E-state index >= 15 is 0 Å². The first kappa shape index (κ1) is 20.5. The molecule has 0 aromatic carbocycles. The molecule has 11 atom stereocenters. The highest BCUT2D eigenvalue weighted by atomic mass is 16.2. The van der Waals surface area contributed by atoms with Crippen LogP contribution in [0.4, 0.5) is 0 Å². The van der Waals surface area contributed by atoms with Gasteiger partial charge in [-0.25, -0.2) is 0 Å². The summed E-state index contributed by atoms with van der Waals surface area (Å²) >= 11 is 0. The predicted molar refractivity (Wildman–Crippen MR) is 119 cm³/mol. The van der Waals surface area contributed by atoms with Crippen molar-refractivity contribution in [3.05, 3.63) is 23.8 Å². The second-order valence-electron chi connectivity index (χ2n) is 12.2. The van der Waals surface area contributed by atoms with Crippen molar-refractivity contribution in [2.24, 2.45) is 64.1 Å². The first-order chi connectivity index (χ1) is 14.0. The second kappa shape index (κ2) is 6.33. The highest BCUT2D eigenvalue weighted by Crippen LogP contribution is 2.69. The van der Waals surface area contributed by atoms with Gasteiger partial charge in [0.05, 0.1) is 0 Å². The zero-order valence-electron chi connectivity index (χ0n) is 19.7. The van der Waals surface area contributed by atoms with Crippen LogP contribution in [0.25, 0.3) is 0 Å². The smallest absolute Gasteiger partial charge is 0.234 e. The number of amides is 1. The SMILES string of the molecule is CC1=C[C@H]2[C@H]3[C@H](C=C[C@@H]4[C@H](C)C[C@H](C)C[C@]34C)C(=O)[C@]23C(=O)N[C@@H](C(C)C)[C@@H]3[C@H]1C. The fraction of sp³-hybridized carbons (Fsp3) is 0.778. The molecule has 5 rings (SSSR count). The maximum atomic E-state index is 14.2. The number of rotatable bonds is 1. The molecule has 0 aromatic heterocycles.